The first-order valence-electron chi connectivity index (χ1n) is 32.3. The third-order valence-electron chi connectivity index (χ3n) is 15.4. The van der Waals surface area contributed by atoms with E-state index in [0.717, 1.165) is 38.5 Å². The van der Waals surface area contributed by atoms with Crippen LogP contribution in [-0.2, 0) is 14.3 Å². The van der Waals surface area contributed by atoms with Crippen LogP contribution in [0, 0.1) is 0 Å². The van der Waals surface area contributed by atoms with Crippen molar-refractivity contribution < 1.29 is 24.5 Å². The highest BCUT2D eigenvalue weighted by Gasteiger charge is 2.20. The molecule has 6 heteroatoms. The fourth-order valence-electron chi connectivity index (χ4n) is 10.5. The summed E-state index contributed by atoms with van der Waals surface area (Å²) in [7, 11) is 0. The molecule has 0 aromatic rings. The van der Waals surface area contributed by atoms with Gasteiger partial charge in [0.2, 0.25) is 5.91 Å². The first-order chi connectivity index (χ1) is 34.5. The molecular formula is C64H127NO5. The summed E-state index contributed by atoms with van der Waals surface area (Å²) in [5, 5.41) is 23.3. The van der Waals surface area contributed by atoms with Gasteiger partial charge in [0.15, 0.2) is 0 Å². The summed E-state index contributed by atoms with van der Waals surface area (Å²) in [4.78, 5) is 24.5. The average molecular weight is 991 g/mol. The highest BCUT2D eigenvalue weighted by Crippen LogP contribution is 2.19. The molecule has 6 nitrogen and oxygen atoms in total. The maximum absolute atomic E-state index is 12.5. The number of rotatable bonds is 61. The number of unbranched alkanes of at least 4 members (excludes halogenated alkanes) is 50. The maximum atomic E-state index is 12.5. The third-order valence-corrected chi connectivity index (χ3v) is 15.4. The molecule has 70 heavy (non-hydrogen) atoms. The van der Waals surface area contributed by atoms with E-state index in [1.807, 2.05) is 0 Å². The molecule has 0 heterocycles. The molecule has 0 fully saturated rings. The molecule has 0 aromatic heterocycles. The lowest BCUT2D eigenvalue weighted by Gasteiger charge is -2.22. The number of nitrogens with one attached hydrogen (secondary N) is 1. The van der Waals surface area contributed by atoms with Crippen molar-refractivity contribution >= 4 is 11.9 Å². The quantitative estimate of drug-likeness (QED) is 0.0417. The van der Waals surface area contributed by atoms with Crippen LogP contribution in [0.4, 0.5) is 0 Å². The van der Waals surface area contributed by atoms with Crippen LogP contribution in [0.25, 0.3) is 0 Å². The maximum Gasteiger partial charge on any atom is 0.305 e. The molecule has 0 aliphatic heterocycles. The zero-order chi connectivity index (χ0) is 50.7. The molecule has 0 bridgehead atoms. The van der Waals surface area contributed by atoms with Gasteiger partial charge < -0.3 is 20.3 Å². The van der Waals surface area contributed by atoms with Crippen molar-refractivity contribution in [3.8, 4) is 0 Å². The lowest BCUT2D eigenvalue weighted by molar-refractivity contribution is -0.143. The second kappa shape index (κ2) is 60.4. The van der Waals surface area contributed by atoms with Crippen LogP contribution in [0.15, 0.2) is 0 Å². The summed E-state index contributed by atoms with van der Waals surface area (Å²) in [5.41, 5.74) is 0. The predicted octanol–water partition coefficient (Wildman–Crippen LogP) is 20.3. The minimum atomic E-state index is -0.659. The monoisotopic (exact) mass is 990 g/mol. The molecule has 0 saturated heterocycles. The summed E-state index contributed by atoms with van der Waals surface area (Å²) in [6, 6.07) is -0.536. The number of carbonyl (C=O) groups excluding carboxylic acids is 2. The van der Waals surface area contributed by atoms with Gasteiger partial charge in [-0.3, -0.25) is 9.59 Å². The van der Waals surface area contributed by atoms with Crippen LogP contribution in [0.1, 0.15) is 373 Å². The SMILES string of the molecule is CCCCCCCCCCCCCCCC(O)C(CO)NC(=O)CCCCCCCCCCCCCCCCCCCCCCCCCCCCCCCOC(=O)CCCCCCCCCCCCC. The lowest BCUT2D eigenvalue weighted by atomic mass is 10.0. The van der Waals surface area contributed by atoms with E-state index in [0.29, 0.717) is 25.9 Å². The van der Waals surface area contributed by atoms with E-state index in [9.17, 15) is 19.8 Å². The van der Waals surface area contributed by atoms with Gasteiger partial charge in [-0.25, -0.2) is 0 Å². The molecule has 0 aliphatic carbocycles. The van der Waals surface area contributed by atoms with Crippen molar-refractivity contribution in [2.75, 3.05) is 13.2 Å². The van der Waals surface area contributed by atoms with Gasteiger partial charge in [0.1, 0.15) is 0 Å². The Morgan fingerprint density at radius 1 is 0.343 bits per heavy atom. The average Bonchev–Trinajstić information content (AvgIpc) is 3.36. The molecule has 0 saturated carbocycles. The summed E-state index contributed by atoms with van der Waals surface area (Å²) < 4.78 is 5.47. The van der Waals surface area contributed by atoms with Gasteiger partial charge in [0.25, 0.3) is 0 Å². The smallest absolute Gasteiger partial charge is 0.305 e. The minimum Gasteiger partial charge on any atom is -0.466 e. The van der Waals surface area contributed by atoms with Gasteiger partial charge in [0.05, 0.1) is 25.4 Å². The molecule has 3 N–H and O–H groups in total. The first-order valence-corrected chi connectivity index (χ1v) is 32.3. The van der Waals surface area contributed by atoms with Gasteiger partial charge in [-0.05, 0) is 25.7 Å². The van der Waals surface area contributed by atoms with E-state index < -0.39 is 12.1 Å². The van der Waals surface area contributed by atoms with Crippen molar-refractivity contribution in [3.05, 3.63) is 0 Å². The number of esters is 1. The Bertz CT molecular complexity index is 1010. The standard InChI is InChI=1S/C64H127NO5/c1-3-5-7-9-11-13-15-33-37-40-44-48-52-56-62(67)61(60-66)65-63(68)57-53-49-45-41-38-34-31-29-27-25-23-21-19-17-16-18-20-22-24-26-28-30-32-35-39-43-47-51-55-59-70-64(69)58-54-50-46-42-36-14-12-10-8-6-4-2/h61-62,66-67H,3-60H2,1-2H3,(H,65,68). The molecule has 1 amide bonds. The topological polar surface area (TPSA) is 95.9 Å². The Balaban J connectivity index is 3.31. The number of aliphatic hydroxyl groups excluding tert-OH is 2. The molecule has 2 atom stereocenters. The molecule has 0 aromatic carbocycles. The fraction of sp³-hybridized carbons (Fsp3) is 0.969. The molecule has 0 rings (SSSR count). The van der Waals surface area contributed by atoms with Gasteiger partial charge >= 0.3 is 5.97 Å². The van der Waals surface area contributed by atoms with Crippen molar-refractivity contribution in [2.45, 2.75) is 386 Å². The second-order valence-corrected chi connectivity index (χ2v) is 22.5. The lowest BCUT2D eigenvalue weighted by Crippen LogP contribution is -2.45. The summed E-state index contributed by atoms with van der Waals surface area (Å²) in [5.74, 6) is -0.00904. The molecule has 0 radical (unpaired) electrons. The van der Waals surface area contributed by atoms with Crippen LogP contribution in [0.2, 0.25) is 0 Å². The Morgan fingerprint density at radius 3 is 0.871 bits per heavy atom. The van der Waals surface area contributed by atoms with Gasteiger partial charge in [-0.1, -0.05) is 335 Å². The summed E-state index contributed by atoms with van der Waals surface area (Å²) >= 11 is 0. The number of carbonyl (C=O) groups is 2. The van der Waals surface area contributed by atoms with Crippen molar-refractivity contribution in [1.29, 1.82) is 0 Å². The number of aliphatic hydroxyl groups is 2. The van der Waals surface area contributed by atoms with Crippen LogP contribution in [-0.4, -0.2) is 47.4 Å². The van der Waals surface area contributed by atoms with E-state index in [2.05, 4.69) is 19.2 Å². The van der Waals surface area contributed by atoms with Crippen molar-refractivity contribution in [3.63, 3.8) is 0 Å². The zero-order valence-electron chi connectivity index (χ0n) is 47.8. The molecule has 418 valence electrons. The zero-order valence-corrected chi connectivity index (χ0v) is 47.8. The van der Waals surface area contributed by atoms with Gasteiger partial charge in [-0.15, -0.1) is 0 Å². The second-order valence-electron chi connectivity index (χ2n) is 22.5. The fourth-order valence-corrected chi connectivity index (χ4v) is 10.5. The largest absolute Gasteiger partial charge is 0.466 e. The van der Waals surface area contributed by atoms with Crippen LogP contribution in [0.3, 0.4) is 0 Å². The number of amides is 1. The molecule has 2 unspecified atom stereocenters. The van der Waals surface area contributed by atoms with Crippen LogP contribution < -0.4 is 5.32 Å². The molecule has 0 spiro atoms. The van der Waals surface area contributed by atoms with Gasteiger partial charge in [-0.2, -0.15) is 0 Å². The van der Waals surface area contributed by atoms with E-state index >= 15 is 0 Å². The van der Waals surface area contributed by atoms with Crippen LogP contribution >= 0.6 is 0 Å². The predicted molar refractivity (Wildman–Crippen MR) is 306 cm³/mol. The van der Waals surface area contributed by atoms with E-state index in [1.165, 1.54) is 302 Å². The van der Waals surface area contributed by atoms with Gasteiger partial charge in [0, 0.05) is 12.8 Å². The normalized spacial score (nSPS) is 12.5. The van der Waals surface area contributed by atoms with E-state index in [-0.39, 0.29) is 18.5 Å². The first kappa shape index (κ1) is 68.9. The third kappa shape index (κ3) is 56.2. The Kier molecular flexibility index (Phi) is 59.4. The van der Waals surface area contributed by atoms with E-state index in [4.69, 9.17) is 4.74 Å². The Labute approximate surface area is 438 Å². The number of ether oxygens (including phenoxy) is 1. The van der Waals surface area contributed by atoms with E-state index in [1.54, 1.807) is 0 Å². The highest BCUT2D eigenvalue weighted by atomic mass is 16.5. The molecular weight excluding hydrogens is 863 g/mol. The van der Waals surface area contributed by atoms with Crippen molar-refractivity contribution in [2.24, 2.45) is 0 Å². The molecule has 0 aliphatic rings. The van der Waals surface area contributed by atoms with Crippen molar-refractivity contribution in [1.82, 2.24) is 5.32 Å². The minimum absolute atomic E-state index is 0.0200. The Hall–Kier alpha value is -1.14. The van der Waals surface area contributed by atoms with Crippen LogP contribution in [0.5, 0.6) is 0 Å². The Morgan fingerprint density at radius 2 is 0.586 bits per heavy atom. The summed E-state index contributed by atoms with van der Waals surface area (Å²) in [6.45, 7) is 4.98. The summed E-state index contributed by atoms with van der Waals surface area (Å²) in [6.07, 6.45) is 71.4. The number of hydrogen-bond acceptors (Lipinski definition) is 5. The number of hydrogen-bond donors (Lipinski definition) is 3. The highest BCUT2D eigenvalue weighted by molar-refractivity contribution is 5.76.